The zero-order valence-electron chi connectivity index (χ0n) is 10.9. The first kappa shape index (κ1) is 13.2. The third kappa shape index (κ3) is 2.44. The minimum atomic E-state index is -0.554. The molecule has 1 nitrogen and oxygen atoms in total. The average molecular weight is 289 g/mol. The number of fused-ring (bicyclic) bond motifs is 1. The van der Waals surface area contributed by atoms with Gasteiger partial charge in [-0.1, -0.05) is 18.2 Å². The molecule has 0 spiro atoms. The molecule has 4 heteroatoms. The van der Waals surface area contributed by atoms with Gasteiger partial charge >= 0.3 is 0 Å². The van der Waals surface area contributed by atoms with Crippen molar-refractivity contribution in [2.75, 3.05) is 7.05 Å². The lowest BCUT2D eigenvalue weighted by atomic mass is 10.0. The van der Waals surface area contributed by atoms with Gasteiger partial charge in [0.25, 0.3) is 0 Å². The number of hydrogen-bond donors (Lipinski definition) is 1. The molecule has 0 bridgehead atoms. The van der Waals surface area contributed by atoms with Crippen LogP contribution < -0.4 is 5.32 Å². The van der Waals surface area contributed by atoms with E-state index in [-0.39, 0.29) is 6.04 Å². The molecule has 1 N–H and O–H groups in total. The lowest BCUT2D eigenvalue weighted by Gasteiger charge is -2.15. The Labute approximate surface area is 119 Å². The zero-order chi connectivity index (χ0) is 14.1. The molecule has 1 atom stereocenters. The van der Waals surface area contributed by atoms with Crippen molar-refractivity contribution < 1.29 is 8.78 Å². The summed E-state index contributed by atoms with van der Waals surface area (Å²) in [6.45, 7) is 0. The molecule has 0 amide bonds. The molecule has 2 aromatic carbocycles. The van der Waals surface area contributed by atoms with Crippen molar-refractivity contribution in [2.24, 2.45) is 0 Å². The Morgan fingerprint density at radius 2 is 1.70 bits per heavy atom. The Morgan fingerprint density at radius 1 is 1.00 bits per heavy atom. The Morgan fingerprint density at radius 3 is 2.35 bits per heavy atom. The lowest BCUT2D eigenvalue weighted by molar-refractivity contribution is 0.572. The van der Waals surface area contributed by atoms with E-state index in [1.165, 1.54) is 16.8 Å². The summed E-state index contributed by atoms with van der Waals surface area (Å²) in [4.78, 5) is 1.04. The van der Waals surface area contributed by atoms with E-state index in [0.29, 0.717) is 5.56 Å². The standard InChI is InChI=1S/C16H13F2NS/c1-19-16(11-6-12(17)9-13(18)7-11)15-8-10-4-2-3-5-14(10)20-15/h2-9,16,19H,1H3. The van der Waals surface area contributed by atoms with E-state index in [4.69, 9.17) is 0 Å². The molecule has 0 saturated heterocycles. The minimum absolute atomic E-state index is 0.211. The van der Waals surface area contributed by atoms with Crippen LogP contribution in [0.15, 0.2) is 48.5 Å². The second-order valence-electron chi connectivity index (χ2n) is 4.61. The molecule has 0 aliphatic heterocycles. The summed E-state index contributed by atoms with van der Waals surface area (Å²) < 4.78 is 27.9. The van der Waals surface area contributed by atoms with Gasteiger partial charge in [0, 0.05) is 15.6 Å². The van der Waals surface area contributed by atoms with Crippen LogP contribution in [-0.4, -0.2) is 7.05 Å². The second-order valence-corrected chi connectivity index (χ2v) is 5.73. The highest BCUT2D eigenvalue weighted by Crippen LogP contribution is 2.33. The van der Waals surface area contributed by atoms with Crippen LogP contribution in [0.3, 0.4) is 0 Å². The summed E-state index contributed by atoms with van der Waals surface area (Å²) >= 11 is 1.63. The largest absolute Gasteiger partial charge is 0.309 e. The normalized spacial score (nSPS) is 12.8. The van der Waals surface area contributed by atoms with Gasteiger partial charge in [-0.15, -0.1) is 11.3 Å². The molecule has 1 heterocycles. The van der Waals surface area contributed by atoms with Gasteiger partial charge in [-0.25, -0.2) is 8.78 Å². The van der Waals surface area contributed by atoms with Crippen molar-refractivity contribution in [1.29, 1.82) is 0 Å². The van der Waals surface area contributed by atoms with Crippen LogP contribution in [0.4, 0.5) is 8.78 Å². The highest BCUT2D eigenvalue weighted by Gasteiger charge is 2.16. The molecule has 0 aliphatic rings. The van der Waals surface area contributed by atoms with Crippen molar-refractivity contribution in [2.45, 2.75) is 6.04 Å². The first-order valence-electron chi connectivity index (χ1n) is 6.29. The van der Waals surface area contributed by atoms with Gasteiger partial charge in [0.1, 0.15) is 11.6 Å². The van der Waals surface area contributed by atoms with E-state index in [2.05, 4.69) is 11.4 Å². The summed E-state index contributed by atoms with van der Waals surface area (Å²) in [5.74, 6) is -1.11. The number of halogens is 2. The third-order valence-corrected chi connectivity index (χ3v) is 4.42. The maximum atomic E-state index is 13.4. The van der Waals surface area contributed by atoms with Crippen molar-refractivity contribution in [3.05, 3.63) is 70.6 Å². The Kier molecular flexibility index (Phi) is 3.51. The summed E-state index contributed by atoms with van der Waals surface area (Å²) in [7, 11) is 1.79. The highest BCUT2D eigenvalue weighted by atomic mass is 32.1. The molecule has 20 heavy (non-hydrogen) atoms. The van der Waals surface area contributed by atoms with Gasteiger partial charge in [0.15, 0.2) is 0 Å². The molecular weight excluding hydrogens is 276 g/mol. The van der Waals surface area contributed by atoms with Gasteiger partial charge in [-0.05, 0) is 42.3 Å². The van der Waals surface area contributed by atoms with Crippen LogP contribution in [0.25, 0.3) is 10.1 Å². The van der Waals surface area contributed by atoms with Crippen LogP contribution in [-0.2, 0) is 0 Å². The molecule has 102 valence electrons. The Balaban J connectivity index is 2.08. The van der Waals surface area contributed by atoms with Crippen LogP contribution in [0.2, 0.25) is 0 Å². The van der Waals surface area contributed by atoms with Gasteiger partial charge in [0.05, 0.1) is 6.04 Å². The second kappa shape index (κ2) is 5.31. The number of benzene rings is 2. The van der Waals surface area contributed by atoms with E-state index < -0.39 is 11.6 Å². The molecule has 3 rings (SSSR count). The van der Waals surface area contributed by atoms with E-state index >= 15 is 0 Å². The average Bonchev–Trinajstić information content (AvgIpc) is 2.81. The smallest absolute Gasteiger partial charge is 0.126 e. The number of thiophene rings is 1. The van der Waals surface area contributed by atoms with E-state index in [1.54, 1.807) is 18.4 Å². The molecule has 0 saturated carbocycles. The summed E-state index contributed by atoms with van der Waals surface area (Å²) in [5, 5.41) is 4.27. The highest BCUT2D eigenvalue weighted by molar-refractivity contribution is 7.19. The summed E-state index contributed by atoms with van der Waals surface area (Å²) in [6, 6.07) is 13.5. The first-order chi connectivity index (χ1) is 9.67. The third-order valence-electron chi connectivity index (χ3n) is 3.24. The monoisotopic (exact) mass is 289 g/mol. The number of rotatable bonds is 3. The van der Waals surface area contributed by atoms with Crippen molar-refractivity contribution in [1.82, 2.24) is 5.32 Å². The molecule has 1 aromatic heterocycles. The van der Waals surface area contributed by atoms with Crippen LogP contribution >= 0.6 is 11.3 Å². The number of hydrogen-bond acceptors (Lipinski definition) is 2. The minimum Gasteiger partial charge on any atom is -0.309 e. The maximum absolute atomic E-state index is 13.4. The predicted molar refractivity (Wildman–Crippen MR) is 79.1 cm³/mol. The van der Waals surface area contributed by atoms with Crippen molar-refractivity contribution >= 4 is 21.4 Å². The van der Waals surface area contributed by atoms with Crippen LogP contribution in [0.1, 0.15) is 16.5 Å². The maximum Gasteiger partial charge on any atom is 0.126 e. The fraction of sp³-hybridized carbons (Fsp3) is 0.125. The molecule has 0 fully saturated rings. The van der Waals surface area contributed by atoms with Crippen molar-refractivity contribution in [3.8, 4) is 0 Å². The summed E-state index contributed by atoms with van der Waals surface area (Å²) in [6.07, 6.45) is 0. The van der Waals surface area contributed by atoms with Crippen LogP contribution in [0, 0.1) is 11.6 Å². The molecule has 3 aromatic rings. The Bertz CT molecular complexity index is 698. The quantitative estimate of drug-likeness (QED) is 0.749. The van der Waals surface area contributed by atoms with E-state index in [1.807, 2.05) is 24.3 Å². The topological polar surface area (TPSA) is 12.0 Å². The van der Waals surface area contributed by atoms with Gasteiger partial charge < -0.3 is 5.32 Å². The molecular formula is C16H13F2NS. The fourth-order valence-corrected chi connectivity index (χ4v) is 3.56. The zero-order valence-corrected chi connectivity index (χ0v) is 11.7. The van der Waals surface area contributed by atoms with Crippen LogP contribution in [0.5, 0.6) is 0 Å². The molecule has 0 radical (unpaired) electrons. The molecule has 0 aliphatic carbocycles. The van der Waals surface area contributed by atoms with Gasteiger partial charge in [-0.3, -0.25) is 0 Å². The SMILES string of the molecule is CNC(c1cc(F)cc(F)c1)c1cc2ccccc2s1. The first-order valence-corrected chi connectivity index (χ1v) is 7.11. The predicted octanol–water partition coefficient (Wildman–Crippen LogP) is 4.49. The van der Waals surface area contributed by atoms with Gasteiger partial charge in [-0.2, -0.15) is 0 Å². The summed E-state index contributed by atoms with van der Waals surface area (Å²) in [5.41, 5.74) is 0.594. The fourth-order valence-electron chi connectivity index (χ4n) is 2.36. The lowest BCUT2D eigenvalue weighted by Crippen LogP contribution is -2.16. The van der Waals surface area contributed by atoms with E-state index in [0.717, 1.165) is 16.3 Å². The van der Waals surface area contributed by atoms with E-state index in [9.17, 15) is 8.78 Å². The molecule has 1 unspecified atom stereocenters. The Hall–Kier alpha value is -1.78. The van der Waals surface area contributed by atoms with Crippen molar-refractivity contribution in [3.63, 3.8) is 0 Å². The number of nitrogens with one attached hydrogen (secondary N) is 1. The van der Waals surface area contributed by atoms with Gasteiger partial charge in [0.2, 0.25) is 0 Å².